The second-order valence-electron chi connectivity index (χ2n) is 10.2. The number of Topliss-reactive ketones (excluding diaryl/α,β-unsaturated/α-hetero) is 1. The summed E-state index contributed by atoms with van der Waals surface area (Å²) in [6.45, 7) is 2.45. The minimum Gasteiger partial charge on any atom is -0.483 e. The molecule has 3 aromatic carbocycles. The van der Waals surface area contributed by atoms with Gasteiger partial charge in [-0.1, -0.05) is 91.0 Å². The molecular weight excluding hydrogens is 504 g/mol. The van der Waals surface area contributed by atoms with E-state index in [1.54, 1.807) is 9.47 Å². The molecule has 1 saturated heterocycles. The third kappa shape index (κ3) is 4.62. The number of pyridine rings is 1. The number of carbonyl (C=O) groups is 2. The molecule has 0 bridgehead atoms. The summed E-state index contributed by atoms with van der Waals surface area (Å²) in [7, 11) is 0. The number of hydrogen-bond acceptors (Lipinski definition) is 5. The molecule has 202 valence electrons. The summed E-state index contributed by atoms with van der Waals surface area (Å²) in [5.74, 6) is -1.07. The predicted molar refractivity (Wildman–Crippen MR) is 151 cm³/mol. The standard InChI is InChI=1S/C33H30N2O5/c1-22(36)26-20-35-28(27(24-14-7-3-8-15-24)25-16-9-4-10-17-25)33-34(18-11-19-39-33)32(38)29(35)31(30(26)37)40-21-23-12-5-2-6-13-23/h2-10,12-17,20,27-28,33H,11,18-19,21H2,1H3/t28-,33-/m0/s1. The van der Waals surface area contributed by atoms with Crippen molar-refractivity contribution in [3.05, 3.63) is 135 Å². The molecule has 2 aliphatic heterocycles. The summed E-state index contributed by atoms with van der Waals surface area (Å²) in [4.78, 5) is 42.2. The van der Waals surface area contributed by atoms with Crippen LogP contribution in [0.25, 0.3) is 0 Å². The van der Waals surface area contributed by atoms with E-state index in [1.807, 2.05) is 66.7 Å². The maximum Gasteiger partial charge on any atom is 0.276 e. The van der Waals surface area contributed by atoms with Crippen LogP contribution < -0.4 is 10.2 Å². The maximum absolute atomic E-state index is 14.1. The van der Waals surface area contributed by atoms with Gasteiger partial charge in [0.15, 0.2) is 23.5 Å². The first-order valence-electron chi connectivity index (χ1n) is 13.5. The van der Waals surface area contributed by atoms with Gasteiger partial charge in [0.05, 0.1) is 18.2 Å². The van der Waals surface area contributed by atoms with E-state index in [9.17, 15) is 14.4 Å². The Balaban J connectivity index is 1.60. The van der Waals surface area contributed by atoms with Crippen molar-refractivity contribution in [2.45, 2.75) is 38.1 Å². The van der Waals surface area contributed by atoms with Crippen LogP contribution in [-0.4, -0.2) is 40.5 Å². The number of rotatable bonds is 7. The van der Waals surface area contributed by atoms with E-state index in [4.69, 9.17) is 9.47 Å². The highest BCUT2D eigenvalue weighted by molar-refractivity contribution is 5.99. The average Bonchev–Trinajstić information content (AvgIpc) is 3.00. The van der Waals surface area contributed by atoms with Gasteiger partial charge in [-0.05, 0) is 30.0 Å². The summed E-state index contributed by atoms with van der Waals surface area (Å²) in [5, 5.41) is 0. The van der Waals surface area contributed by atoms with Gasteiger partial charge in [0, 0.05) is 18.7 Å². The Bertz CT molecular complexity index is 1540. The highest BCUT2D eigenvalue weighted by Gasteiger charge is 2.48. The van der Waals surface area contributed by atoms with E-state index in [1.165, 1.54) is 13.1 Å². The van der Waals surface area contributed by atoms with Gasteiger partial charge in [-0.2, -0.15) is 0 Å². The average molecular weight is 535 g/mol. The van der Waals surface area contributed by atoms with Crippen LogP contribution in [0.1, 0.15) is 62.8 Å². The fraction of sp³-hybridized carbons (Fsp3) is 0.242. The van der Waals surface area contributed by atoms with Gasteiger partial charge < -0.3 is 18.9 Å². The van der Waals surface area contributed by atoms with Crippen LogP contribution in [0.2, 0.25) is 0 Å². The Labute approximate surface area is 232 Å². The van der Waals surface area contributed by atoms with Crippen LogP contribution in [0.5, 0.6) is 5.75 Å². The van der Waals surface area contributed by atoms with Gasteiger partial charge in [-0.3, -0.25) is 14.4 Å². The zero-order valence-corrected chi connectivity index (χ0v) is 22.2. The molecule has 0 saturated carbocycles. The second kappa shape index (κ2) is 10.9. The summed E-state index contributed by atoms with van der Waals surface area (Å²) >= 11 is 0. The molecular formula is C33H30N2O5. The van der Waals surface area contributed by atoms with Crippen molar-refractivity contribution >= 4 is 11.7 Å². The molecule has 0 unspecified atom stereocenters. The Morgan fingerprint density at radius 2 is 1.52 bits per heavy atom. The lowest BCUT2D eigenvalue weighted by atomic mass is 9.82. The molecule has 7 heteroatoms. The van der Waals surface area contributed by atoms with Crippen LogP contribution in [0.4, 0.5) is 0 Å². The van der Waals surface area contributed by atoms with E-state index >= 15 is 0 Å². The van der Waals surface area contributed by atoms with Crippen molar-refractivity contribution in [2.24, 2.45) is 0 Å². The molecule has 4 aromatic rings. The molecule has 1 aromatic heterocycles. The molecule has 3 heterocycles. The third-order valence-electron chi connectivity index (χ3n) is 7.67. The van der Waals surface area contributed by atoms with E-state index in [0.29, 0.717) is 19.6 Å². The Kier molecular flexibility index (Phi) is 7.05. The zero-order chi connectivity index (χ0) is 27.6. The van der Waals surface area contributed by atoms with Crippen LogP contribution in [-0.2, 0) is 11.3 Å². The maximum atomic E-state index is 14.1. The molecule has 1 amide bonds. The molecule has 0 N–H and O–H groups in total. The van der Waals surface area contributed by atoms with Gasteiger partial charge in [0.1, 0.15) is 6.61 Å². The van der Waals surface area contributed by atoms with E-state index < -0.39 is 17.7 Å². The van der Waals surface area contributed by atoms with Crippen LogP contribution in [0.3, 0.4) is 0 Å². The molecule has 40 heavy (non-hydrogen) atoms. The highest BCUT2D eigenvalue weighted by atomic mass is 16.5. The van der Waals surface area contributed by atoms with E-state index in [0.717, 1.165) is 16.7 Å². The largest absolute Gasteiger partial charge is 0.483 e. The summed E-state index contributed by atoms with van der Waals surface area (Å²) in [6.07, 6.45) is 1.63. The lowest BCUT2D eigenvalue weighted by Crippen LogP contribution is -2.57. The molecule has 1 fully saturated rings. The summed E-state index contributed by atoms with van der Waals surface area (Å²) in [5.41, 5.74) is 2.46. The lowest BCUT2D eigenvalue weighted by Gasteiger charge is -2.48. The molecule has 7 nitrogen and oxygen atoms in total. The summed E-state index contributed by atoms with van der Waals surface area (Å²) < 4.78 is 14.2. The van der Waals surface area contributed by atoms with Gasteiger partial charge in [0.25, 0.3) is 5.91 Å². The van der Waals surface area contributed by atoms with Crippen LogP contribution in [0.15, 0.2) is 102 Å². The normalized spacial score (nSPS) is 18.2. The first kappa shape index (κ1) is 25.8. The first-order valence-corrected chi connectivity index (χ1v) is 13.5. The van der Waals surface area contributed by atoms with E-state index in [-0.39, 0.29) is 41.2 Å². The number of hydrogen-bond donors (Lipinski definition) is 0. The van der Waals surface area contributed by atoms with Crippen molar-refractivity contribution in [3.8, 4) is 5.75 Å². The van der Waals surface area contributed by atoms with Crippen LogP contribution >= 0.6 is 0 Å². The fourth-order valence-corrected chi connectivity index (χ4v) is 5.83. The molecule has 0 radical (unpaired) electrons. The molecule has 0 aliphatic carbocycles. The predicted octanol–water partition coefficient (Wildman–Crippen LogP) is 5.21. The number of ketones is 1. The van der Waals surface area contributed by atoms with Crippen LogP contribution in [0, 0.1) is 0 Å². The molecule has 6 rings (SSSR count). The Hall–Kier alpha value is -4.49. The van der Waals surface area contributed by atoms with Crippen molar-refractivity contribution < 1.29 is 19.1 Å². The van der Waals surface area contributed by atoms with E-state index in [2.05, 4.69) is 24.3 Å². The van der Waals surface area contributed by atoms with Crippen molar-refractivity contribution in [1.82, 2.24) is 9.47 Å². The number of amides is 1. The number of aromatic nitrogens is 1. The fourth-order valence-electron chi connectivity index (χ4n) is 5.83. The minimum atomic E-state index is -0.594. The number of ether oxygens (including phenoxy) is 2. The third-order valence-corrected chi connectivity index (χ3v) is 7.67. The Morgan fingerprint density at radius 3 is 2.12 bits per heavy atom. The topological polar surface area (TPSA) is 77.8 Å². The van der Waals surface area contributed by atoms with Gasteiger partial charge in [-0.15, -0.1) is 0 Å². The second-order valence-corrected chi connectivity index (χ2v) is 10.2. The first-order chi connectivity index (χ1) is 19.5. The Morgan fingerprint density at radius 1 is 0.925 bits per heavy atom. The quantitative estimate of drug-likeness (QED) is 0.305. The summed E-state index contributed by atoms with van der Waals surface area (Å²) in [6, 6.07) is 29.1. The van der Waals surface area contributed by atoms with Gasteiger partial charge >= 0.3 is 0 Å². The highest BCUT2D eigenvalue weighted by Crippen LogP contribution is 2.44. The molecule has 2 atom stereocenters. The van der Waals surface area contributed by atoms with Crippen molar-refractivity contribution in [1.29, 1.82) is 0 Å². The number of benzene rings is 3. The van der Waals surface area contributed by atoms with Gasteiger partial charge in [-0.25, -0.2) is 0 Å². The van der Waals surface area contributed by atoms with Crippen molar-refractivity contribution in [2.75, 3.05) is 13.2 Å². The minimum absolute atomic E-state index is 0.0197. The number of carbonyl (C=O) groups excluding carboxylic acids is 2. The smallest absolute Gasteiger partial charge is 0.276 e. The van der Waals surface area contributed by atoms with Crippen molar-refractivity contribution in [3.63, 3.8) is 0 Å². The monoisotopic (exact) mass is 534 g/mol. The SMILES string of the molecule is CC(=O)c1cn2c(c(OCc3ccccc3)c1=O)C(=O)N1CCCO[C@H]1[C@@H]2C(c1ccccc1)c1ccccc1. The van der Waals surface area contributed by atoms with Gasteiger partial charge in [0.2, 0.25) is 5.43 Å². The molecule has 2 aliphatic rings. The molecule has 0 spiro atoms. The zero-order valence-electron chi connectivity index (χ0n) is 22.2. The number of fused-ring (bicyclic) bond motifs is 2. The number of nitrogens with zero attached hydrogens (tertiary/aromatic N) is 2. The lowest BCUT2D eigenvalue weighted by molar-refractivity contribution is -0.114.